The van der Waals surface area contributed by atoms with Gasteiger partial charge in [-0.2, -0.15) is 0 Å². The van der Waals surface area contributed by atoms with Gasteiger partial charge in [-0.05, 0) is 44.2 Å². The molecule has 1 aliphatic carbocycles. The first-order valence-corrected chi connectivity index (χ1v) is 8.36. The van der Waals surface area contributed by atoms with Crippen LogP contribution in [0.3, 0.4) is 0 Å². The van der Waals surface area contributed by atoms with Crippen LogP contribution in [0.2, 0.25) is 0 Å². The van der Waals surface area contributed by atoms with Crippen molar-refractivity contribution < 1.29 is 4.74 Å². The number of rotatable bonds is 3. The maximum atomic E-state index is 6.15. The van der Waals surface area contributed by atoms with Gasteiger partial charge in [-0.25, -0.2) is 0 Å². The highest BCUT2D eigenvalue weighted by Gasteiger charge is 2.44. The molecule has 1 saturated carbocycles. The minimum absolute atomic E-state index is 0.334. The van der Waals surface area contributed by atoms with Gasteiger partial charge in [0.25, 0.3) is 0 Å². The van der Waals surface area contributed by atoms with Crippen molar-refractivity contribution in [2.24, 2.45) is 5.92 Å². The molecule has 3 heteroatoms. The Morgan fingerprint density at radius 2 is 2.24 bits per heavy atom. The van der Waals surface area contributed by atoms with E-state index in [1.165, 1.54) is 30.5 Å². The van der Waals surface area contributed by atoms with Crippen LogP contribution >= 0.6 is 0 Å². The van der Waals surface area contributed by atoms with Gasteiger partial charge in [-0.1, -0.05) is 17.7 Å². The van der Waals surface area contributed by atoms with Crippen LogP contribution in [0, 0.1) is 12.8 Å². The van der Waals surface area contributed by atoms with Crippen LogP contribution < -0.4 is 10.1 Å². The zero-order valence-electron chi connectivity index (χ0n) is 13.2. The van der Waals surface area contributed by atoms with Crippen LogP contribution in [-0.4, -0.2) is 42.7 Å². The summed E-state index contributed by atoms with van der Waals surface area (Å²) in [5.41, 5.74) is 3.06. The number of fused-ring (bicyclic) bond motifs is 1. The molecule has 0 spiro atoms. The molecule has 1 saturated heterocycles. The van der Waals surface area contributed by atoms with E-state index in [1.807, 2.05) is 0 Å². The lowest BCUT2D eigenvalue weighted by Crippen LogP contribution is -2.61. The second-order valence-electron chi connectivity index (χ2n) is 7.41. The Kier molecular flexibility index (Phi) is 3.23. The molecule has 0 amide bonds. The summed E-state index contributed by atoms with van der Waals surface area (Å²) in [6, 6.07) is 6.56. The van der Waals surface area contributed by atoms with Crippen molar-refractivity contribution in [1.82, 2.24) is 10.2 Å². The van der Waals surface area contributed by atoms with Crippen molar-refractivity contribution in [3.63, 3.8) is 0 Å². The Morgan fingerprint density at radius 3 is 3.05 bits per heavy atom. The zero-order chi connectivity index (χ0) is 14.4. The third-order valence-corrected chi connectivity index (χ3v) is 5.41. The van der Waals surface area contributed by atoms with Crippen LogP contribution in [0.5, 0.6) is 5.75 Å². The lowest BCUT2D eigenvalue weighted by molar-refractivity contribution is 0.0860. The minimum atomic E-state index is 0.334. The first-order valence-electron chi connectivity index (χ1n) is 8.36. The highest BCUT2D eigenvalue weighted by Crippen LogP contribution is 2.41. The highest BCUT2D eigenvalue weighted by molar-refractivity contribution is 5.40. The Morgan fingerprint density at radius 1 is 1.38 bits per heavy atom. The predicted octanol–water partition coefficient (Wildman–Crippen LogP) is 2.37. The number of benzene rings is 1. The number of ether oxygens (including phenoxy) is 1. The molecule has 0 radical (unpaired) electrons. The molecular formula is C18H26N2O. The summed E-state index contributed by atoms with van der Waals surface area (Å²) >= 11 is 0. The number of hydrogen-bond donors (Lipinski definition) is 1. The quantitative estimate of drug-likeness (QED) is 0.923. The topological polar surface area (TPSA) is 24.5 Å². The van der Waals surface area contributed by atoms with E-state index in [1.54, 1.807) is 0 Å². The molecule has 2 heterocycles. The molecule has 2 aliphatic heterocycles. The summed E-state index contributed by atoms with van der Waals surface area (Å²) in [5, 5.41) is 3.75. The SMILES string of the molecule is Cc1ccc2c(c1)CC(CN1CCNC(C)(C3CC3)C1)O2. The Hall–Kier alpha value is -1.06. The monoisotopic (exact) mass is 286 g/mol. The van der Waals surface area contributed by atoms with Gasteiger partial charge in [-0.3, -0.25) is 4.90 Å². The largest absolute Gasteiger partial charge is 0.488 e. The summed E-state index contributed by atoms with van der Waals surface area (Å²) in [6.45, 7) is 9.07. The van der Waals surface area contributed by atoms with Crippen LogP contribution in [-0.2, 0) is 6.42 Å². The lowest BCUT2D eigenvalue weighted by Gasteiger charge is -2.42. The van der Waals surface area contributed by atoms with Crippen LogP contribution in [0.4, 0.5) is 0 Å². The summed E-state index contributed by atoms with van der Waals surface area (Å²) in [7, 11) is 0. The molecular weight excluding hydrogens is 260 g/mol. The minimum Gasteiger partial charge on any atom is -0.488 e. The first kappa shape index (κ1) is 13.6. The molecule has 2 fully saturated rings. The van der Waals surface area contributed by atoms with Gasteiger partial charge < -0.3 is 10.1 Å². The molecule has 1 N–H and O–H groups in total. The smallest absolute Gasteiger partial charge is 0.123 e. The van der Waals surface area contributed by atoms with Gasteiger partial charge in [0.05, 0.1) is 0 Å². The molecule has 3 nitrogen and oxygen atoms in total. The van der Waals surface area contributed by atoms with Gasteiger partial charge in [0.1, 0.15) is 11.9 Å². The summed E-state index contributed by atoms with van der Waals surface area (Å²) in [5.74, 6) is 2.00. The molecule has 4 rings (SSSR count). The molecule has 114 valence electrons. The second kappa shape index (κ2) is 4.99. The molecule has 0 bridgehead atoms. The average molecular weight is 286 g/mol. The van der Waals surface area contributed by atoms with E-state index in [0.29, 0.717) is 11.6 Å². The molecule has 0 aromatic heterocycles. The molecule has 21 heavy (non-hydrogen) atoms. The normalized spacial score (nSPS) is 32.8. The fourth-order valence-corrected chi connectivity index (χ4v) is 4.09. The maximum absolute atomic E-state index is 6.15. The van der Waals surface area contributed by atoms with E-state index in [-0.39, 0.29) is 0 Å². The fourth-order valence-electron chi connectivity index (χ4n) is 4.09. The average Bonchev–Trinajstić information content (AvgIpc) is 3.22. The van der Waals surface area contributed by atoms with E-state index in [2.05, 4.69) is 42.3 Å². The third kappa shape index (κ3) is 2.69. The Balaban J connectivity index is 1.39. The number of piperazine rings is 1. The molecule has 1 aromatic rings. The van der Waals surface area contributed by atoms with E-state index >= 15 is 0 Å². The highest BCUT2D eigenvalue weighted by atomic mass is 16.5. The molecule has 2 atom stereocenters. The lowest BCUT2D eigenvalue weighted by atomic mass is 9.92. The maximum Gasteiger partial charge on any atom is 0.123 e. The molecule has 3 aliphatic rings. The van der Waals surface area contributed by atoms with Crippen LogP contribution in [0.15, 0.2) is 18.2 Å². The van der Waals surface area contributed by atoms with Crippen molar-refractivity contribution >= 4 is 0 Å². The Bertz CT molecular complexity index is 540. The van der Waals surface area contributed by atoms with Crippen molar-refractivity contribution in [2.45, 2.75) is 44.8 Å². The van der Waals surface area contributed by atoms with Crippen LogP contribution in [0.1, 0.15) is 30.9 Å². The summed E-state index contributed by atoms with van der Waals surface area (Å²) in [4.78, 5) is 2.61. The second-order valence-corrected chi connectivity index (χ2v) is 7.41. The van der Waals surface area contributed by atoms with E-state index < -0.39 is 0 Å². The van der Waals surface area contributed by atoms with Crippen molar-refractivity contribution in [3.8, 4) is 5.75 Å². The van der Waals surface area contributed by atoms with E-state index in [9.17, 15) is 0 Å². The van der Waals surface area contributed by atoms with Gasteiger partial charge >= 0.3 is 0 Å². The van der Waals surface area contributed by atoms with Crippen molar-refractivity contribution in [1.29, 1.82) is 0 Å². The van der Waals surface area contributed by atoms with Crippen LogP contribution in [0.25, 0.3) is 0 Å². The van der Waals surface area contributed by atoms with E-state index in [0.717, 1.165) is 37.7 Å². The summed E-state index contributed by atoms with van der Waals surface area (Å²) < 4.78 is 6.15. The summed E-state index contributed by atoms with van der Waals surface area (Å²) in [6.07, 6.45) is 4.22. The third-order valence-electron chi connectivity index (χ3n) is 5.41. The number of nitrogens with one attached hydrogen (secondary N) is 1. The van der Waals surface area contributed by atoms with Crippen molar-refractivity contribution in [3.05, 3.63) is 29.3 Å². The Labute approximate surface area is 127 Å². The van der Waals surface area contributed by atoms with Gasteiger partial charge in [-0.15, -0.1) is 0 Å². The standard InChI is InChI=1S/C18H26N2O/c1-13-3-6-17-14(9-13)10-16(21-17)11-20-8-7-19-18(2,12-20)15-4-5-15/h3,6,9,15-16,19H,4-5,7-8,10-12H2,1-2H3. The molecule has 1 aromatic carbocycles. The van der Waals surface area contributed by atoms with Crippen molar-refractivity contribution in [2.75, 3.05) is 26.2 Å². The number of aryl methyl sites for hydroxylation is 1. The number of hydrogen-bond acceptors (Lipinski definition) is 3. The van der Waals surface area contributed by atoms with Gasteiger partial charge in [0.15, 0.2) is 0 Å². The zero-order valence-corrected chi connectivity index (χ0v) is 13.2. The van der Waals surface area contributed by atoms with E-state index in [4.69, 9.17) is 4.74 Å². The van der Waals surface area contributed by atoms with Gasteiger partial charge in [0, 0.05) is 38.1 Å². The fraction of sp³-hybridized carbons (Fsp3) is 0.667. The van der Waals surface area contributed by atoms with Gasteiger partial charge in [0.2, 0.25) is 0 Å². The first-order chi connectivity index (χ1) is 10.1. The predicted molar refractivity (Wildman–Crippen MR) is 84.9 cm³/mol. The molecule has 2 unspecified atom stereocenters. The number of nitrogens with zero attached hydrogens (tertiary/aromatic N) is 1.